The van der Waals surface area contributed by atoms with E-state index in [0.717, 1.165) is 12.8 Å². The van der Waals surface area contributed by atoms with Crippen molar-refractivity contribution in [3.63, 3.8) is 0 Å². The van der Waals surface area contributed by atoms with Crippen LogP contribution in [0.25, 0.3) is 0 Å². The minimum Gasteiger partial charge on any atom is -0.309 e. The summed E-state index contributed by atoms with van der Waals surface area (Å²) in [4.78, 5) is 3.97. The molecule has 1 N–H and O–H groups in total. The van der Waals surface area contributed by atoms with Crippen molar-refractivity contribution in [1.29, 1.82) is 0 Å². The lowest BCUT2D eigenvalue weighted by Crippen LogP contribution is -2.26. The van der Waals surface area contributed by atoms with Gasteiger partial charge in [0.1, 0.15) is 5.82 Å². The molecule has 82 valence electrons. The van der Waals surface area contributed by atoms with Crippen LogP contribution < -0.4 is 5.32 Å². The first-order chi connectivity index (χ1) is 7.24. The molecule has 15 heavy (non-hydrogen) atoms. The van der Waals surface area contributed by atoms with E-state index in [-0.39, 0.29) is 5.82 Å². The second-order valence-electron chi connectivity index (χ2n) is 3.58. The Labute approximate surface area is 90.2 Å². The first kappa shape index (κ1) is 11.9. The van der Waals surface area contributed by atoms with Crippen LogP contribution in [0.1, 0.15) is 25.5 Å². The maximum absolute atomic E-state index is 13.2. The summed E-state index contributed by atoms with van der Waals surface area (Å²) in [5, 5.41) is 3.22. The van der Waals surface area contributed by atoms with Gasteiger partial charge in [-0.25, -0.2) is 4.39 Å². The Balaban J connectivity index is 2.36. The van der Waals surface area contributed by atoms with Crippen LogP contribution in [0.4, 0.5) is 4.39 Å². The molecule has 0 radical (unpaired) electrons. The van der Waals surface area contributed by atoms with Crippen LogP contribution in [-0.4, -0.2) is 11.0 Å². The van der Waals surface area contributed by atoms with Crippen LogP contribution in [0.2, 0.25) is 0 Å². The van der Waals surface area contributed by atoms with Gasteiger partial charge in [-0.3, -0.25) is 4.98 Å². The highest BCUT2D eigenvalue weighted by Crippen LogP contribution is 2.03. The molecule has 1 aromatic heterocycles. The van der Waals surface area contributed by atoms with Gasteiger partial charge >= 0.3 is 0 Å². The highest BCUT2D eigenvalue weighted by molar-refractivity contribution is 5.06. The first-order valence-corrected chi connectivity index (χ1v) is 5.17. The highest BCUT2D eigenvalue weighted by Gasteiger charge is 2.04. The summed E-state index contributed by atoms with van der Waals surface area (Å²) in [6, 6.07) is 3.38. The zero-order valence-corrected chi connectivity index (χ0v) is 9.04. The van der Waals surface area contributed by atoms with Crippen molar-refractivity contribution in [2.75, 3.05) is 0 Å². The molecule has 0 spiro atoms. The molecule has 0 saturated heterocycles. The summed E-state index contributed by atoms with van der Waals surface area (Å²) in [7, 11) is 0. The molecule has 2 nitrogen and oxygen atoms in total. The Morgan fingerprint density at radius 1 is 1.67 bits per heavy atom. The number of rotatable bonds is 6. The number of hydrogen-bond acceptors (Lipinski definition) is 2. The van der Waals surface area contributed by atoms with Crippen molar-refractivity contribution in [3.05, 3.63) is 42.5 Å². The molecule has 1 unspecified atom stereocenters. The van der Waals surface area contributed by atoms with Gasteiger partial charge in [-0.1, -0.05) is 6.08 Å². The van der Waals surface area contributed by atoms with E-state index < -0.39 is 0 Å². The fourth-order valence-electron chi connectivity index (χ4n) is 1.29. The molecule has 1 heterocycles. The van der Waals surface area contributed by atoms with Gasteiger partial charge in [-0.2, -0.15) is 0 Å². The first-order valence-electron chi connectivity index (χ1n) is 5.17. The van der Waals surface area contributed by atoms with Crippen LogP contribution in [0.15, 0.2) is 31.0 Å². The number of allylic oxidation sites excluding steroid dienone is 1. The van der Waals surface area contributed by atoms with Crippen molar-refractivity contribution in [3.8, 4) is 0 Å². The zero-order chi connectivity index (χ0) is 11.1. The number of nitrogens with zero attached hydrogens (tertiary/aromatic N) is 1. The quantitative estimate of drug-likeness (QED) is 0.727. The van der Waals surface area contributed by atoms with Crippen LogP contribution in [-0.2, 0) is 6.54 Å². The molecule has 0 bridgehead atoms. The molecule has 1 rings (SSSR count). The molecule has 3 heteroatoms. The predicted octanol–water partition coefficient (Wildman–Crippen LogP) is 2.67. The van der Waals surface area contributed by atoms with Gasteiger partial charge in [0, 0.05) is 18.8 Å². The number of aromatic nitrogens is 1. The molecular weight excluding hydrogens is 191 g/mol. The molecular formula is C12H17FN2. The third kappa shape index (κ3) is 4.21. The van der Waals surface area contributed by atoms with Crippen molar-refractivity contribution in [2.45, 2.75) is 32.4 Å². The third-order valence-corrected chi connectivity index (χ3v) is 2.26. The van der Waals surface area contributed by atoms with Gasteiger partial charge < -0.3 is 5.32 Å². The second-order valence-corrected chi connectivity index (χ2v) is 3.58. The summed E-state index contributed by atoms with van der Waals surface area (Å²) < 4.78 is 13.2. The molecule has 0 saturated carbocycles. The van der Waals surface area contributed by atoms with Gasteiger partial charge in [0.25, 0.3) is 0 Å². The molecule has 0 fully saturated rings. The summed E-state index contributed by atoms with van der Waals surface area (Å²) in [5.74, 6) is -0.249. The number of hydrogen-bond donors (Lipinski definition) is 1. The number of halogens is 1. The molecule has 0 aliphatic carbocycles. The summed E-state index contributed by atoms with van der Waals surface area (Å²) in [6.07, 6.45) is 5.48. The molecule has 0 aromatic carbocycles. The Bertz CT molecular complexity index is 312. The lowest BCUT2D eigenvalue weighted by atomic mass is 10.2. The summed E-state index contributed by atoms with van der Waals surface area (Å²) >= 11 is 0. The Morgan fingerprint density at radius 2 is 2.47 bits per heavy atom. The Morgan fingerprint density at radius 3 is 3.13 bits per heavy atom. The molecule has 0 aliphatic rings. The normalized spacial score (nSPS) is 12.4. The SMILES string of the molecule is C=CCCC(C)NCc1ncccc1F. The van der Waals surface area contributed by atoms with Gasteiger partial charge in [0.05, 0.1) is 5.69 Å². The smallest absolute Gasteiger partial charge is 0.146 e. The maximum atomic E-state index is 13.2. The van der Waals surface area contributed by atoms with Gasteiger partial charge in [0.2, 0.25) is 0 Å². The second kappa shape index (κ2) is 6.30. The minimum atomic E-state index is -0.249. The Kier molecular flexibility index (Phi) is 4.98. The predicted molar refractivity (Wildman–Crippen MR) is 59.9 cm³/mol. The van der Waals surface area contributed by atoms with Gasteiger partial charge in [-0.15, -0.1) is 6.58 Å². The number of nitrogens with one attached hydrogen (secondary N) is 1. The zero-order valence-electron chi connectivity index (χ0n) is 9.04. The monoisotopic (exact) mass is 208 g/mol. The van der Waals surface area contributed by atoms with Gasteiger partial charge in [0.15, 0.2) is 0 Å². The summed E-state index contributed by atoms with van der Waals surface area (Å²) in [6.45, 7) is 6.22. The van der Waals surface area contributed by atoms with E-state index in [9.17, 15) is 4.39 Å². The fourth-order valence-corrected chi connectivity index (χ4v) is 1.29. The maximum Gasteiger partial charge on any atom is 0.146 e. The van der Waals surface area contributed by atoms with Crippen LogP contribution in [0.3, 0.4) is 0 Å². The average Bonchev–Trinajstić information content (AvgIpc) is 2.25. The summed E-state index contributed by atoms with van der Waals surface area (Å²) in [5.41, 5.74) is 0.475. The van der Waals surface area contributed by atoms with E-state index in [2.05, 4.69) is 23.8 Å². The largest absolute Gasteiger partial charge is 0.309 e. The molecule has 1 aromatic rings. The Hall–Kier alpha value is -1.22. The molecule has 1 atom stereocenters. The highest BCUT2D eigenvalue weighted by atomic mass is 19.1. The van der Waals surface area contributed by atoms with E-state index in [1.165, 1.54) is 6.07 Å². The molecule has 0 aliphatic heterocycles. The van der Waals surface area contributed by atoms with E-state index in [1.807, 2.05) is 6.08 Å². The number of pyridine rings is 1. The van der Waals surface area contributed by atoms with Crippen molar-refractivity contribution >= 4 is 0 Å². The van der Waals surface area contributed by atoms with Crippen molar-refractivity contribution in [1.82, 2.24) is 10.3 Å². The topological polar surface area (TPSA) is 24.9 Å². The fraction of sp³-hybridized carbons (Fsp3) is 0.417. The minimum absolute atomic E-state index is 0.249. The van der Waals surface area contributed by atoms with Crippen molar-refractivity contribution in [2.24, 2.45) is 0 Å². The van der Waals surface area contributed by atoms with E-state index >= 15 is 0 Å². The molecule has 0 amide bonds. The van der Waals surface area contributed by atoms with E-state index in [4.69, 9.17) is 0 Å². The van der Waals surface area contributed by atoms with Crippen molar-refractivity contribution < 1.29 is 4.39 Å². The average molecular weight is 208 g/mol. The third-order valence-electron chi connectivity index (χ3n) is 2.26. The van der Waals surface area contributed by atoms with Crippen LogP contribution in [0.5, 0.6) is 0 Å². The lowest BCUT2D eigenvalue weighted by Gasteiger charge is -2.12. The lowest BCUT2D eigenvalue weighted by molar-refractivity contribution is 0.497. The van der Waals surface area contributed by atoms with Crippen LogP contribution >= 0.6 is 0 Å². The van der Waals surface area contributed by atoms with E-state index in [1.54, 1.807) is 12.3 Å². The standard InChI is InChI=1S/C12H17FN2/c1-3-4-6-10(2)15-9-12-11(13)7-5-8-14-12/h3,5,7-8,10,15H,1,4,6,9H2,2H3. The van der Waals surface area contributed by atoms with Crippen LogP contribution in [0, 0.1) is 5.82 Å². The van der Waals surface area contributed by atoms with Gasteiger partial charge in [-0.05, 0) is 31.9 Å². The van der Waals surface area contributed by atoms with E-state index in [0.29, 0.717) is 18.3 Å².